The number of piperazine rings is 1. The van der Waals surface area contributed by atoms with Crippen LogP contribution in [0.2, 0.25) is 0 Å². The number of amides is 2. The van der Waals surface area contributed by atoms with Crippen LogP contribution in [0.15, 0.2) is 72.8 Å². The van der Waals surface area contributed by atoms with Crippen molar-refractivity contribution in [2.24, 2.45) is 5.92 Å². The minimum Gasteiger partial charge on any atom is -0.497 e. The lowest BCUT2D eigenvalue weighted by molar-refractivity contribution is -0.138. The molecule has 3 aromatic rings. The number of para-hydroxylation sites is 1. The smallest absolute Gasteiger partial charge is 0.228 e. The van der Waals surface area contributed by atoms with Gasteiger partial charge in [-0.2, -0.15) is 0 Å². The summed E-state index contributed by atoms with van der Waals surface area (Å²) in [7, 11) is 3.21. The second kappa shape index (κ2) is 11.1. The molecule has 2 aliphatic heterocycles. The van der Waals surface area contributed by atoms with Crippen LogP contribution >= 0.6 is 0 Å². The van der Waals surface area contributed by atoms with E-state index >= 15 is 0 Å². The van der Waals surface area contributed by atoms with Crippen LogP contribution in [-0.4, -0.2) is 57.1 Å². The minimum atomic E-state index is -0.465. The maximum Gasteiger partial charge on any atom is 0.228 e. The van der Waals surface area contributed by atoms with Crippen molar-refractivity contribution in [3.05, 3.63) is 84.2 Å². The van der Waals surface area contributed by atoms with Gasteiger partial charge in [-0.25, -0.2) is 4.39 Å². The molecule has 2 unspecified atom stereocenters. The Morgan fingerprint density at radius 2 is 1.45 bits per heavy atom. The molecule has 0 bridgehead atoms. The topological polar surface area (TPSA) is 62.3 Å². The first kappa shape index (κ1) is 25.6. The Balaban J connectivity index is 1.42. The number of carbonyl (C=O) groups is 2. The number of ether oxygens (including phenoxy) is 2. The normalized spacial score (nSPS) is 19.9. The van der Waals surface area contributed by atoms with Crippen LogP contribution in [-0.2, 0) is 9.59 Å². The zero-order valence-corrected chi connectivity index (χ0v) is 21.7. The summed E-state index contributed by atoms with van der Waals surface area (Å²) in [5.41, 5.74) is 2.15. The van der Waals surface area contributed by atoms with E-state index in [0.29, 0.717) is 49.8 Å². The molecule has 8 heteroatoms. The summed E-state index contributed by atoms with van der Waals surface area (Å²) < 4.78 is 25.0. The monoisotopic (exact) mass is 517 g/mol. The molecule has 0 radical (unpaired) electrons. The molecule has 2 atom stereocenters. The number of benzene rings is 3. The summed E-state index contributed by atoms with van der Waals surface area (Å²) in [6.45, 7) is 2.09. The molecule has 2 saturated heterocycles. The predicted octanol–water partition coefficient (Wildman–Crippen LogP) is 4.68. The quantitative estimate of drug-likeness (QED) is 0.475. The number of piperidine rings is 1. The minimum absolute atomic E-state index is 0.0185. The van der Waals surface area contributed by atoms with Crippen molar-refractivity contribution in [1.29, 1.82) is 0 Å². The zero-order chi connectivity index (χ0) is 26.6. The second-order valence-corrected chi connectivity index (χ2v) is 9.59. The molecule has 2 amide bonds. The zero-order valence-electron chi connectivity index (χ0n) is 21.7. The van der Waals surface area contributed by atoms with Crippen LogP contribution < -0.4 is 19.3 Å². The van der Waals surface area contributed by atoms with Crippen molar-refractivity contribution < 1.29 is 23.5 Å². The Hall–Kier alpha value is -4.07. The van der Waals surface area contributed by atoms with Crippen LogP contribution in [0.1, 0.15) is 24.4 Å². The van der Waals surface area contributed by atoms with Gasteiger partial charge in [-0.1, -0.05) is 24.3 Å². The van der Waals surface area contributed by atoms with Crippen molar-refractivity contribution >= 4 is 23.2 Å². The molecule has 0 aliphatic carbocycles. The van der Waals surface area contributed by atoms with Gasteiger partial charge in [0, 0.05) is 38.3 Å². The summed E-state index contributed by atoms with van der Waals surface area (Å²) in [6, 6.07) is 21.2. The Morgan fingerprint density at radius 1 is 0.842 bits per heavy atom. The van der Waals surface area contributed by atoms with Gasteiger partial charge in [-0.3, -0.25) is 9.59 Å². The third kappa shape index (κ3) is 5.03. The number of rotatable bonds is 6. The van der Waals surface area contributed by atoms with Crippen LogP contribution in [0.5, 0.6) is 11.5 Å². The summed E-state index contributed by atoms with van der Waals surface area (Å²) in [4.78, 5) is 32.9. The lowest BCUT2D eigenvalue weighted by atomic mass is 9.82. The van der Waals surface area contributed by atoms with Gasteiger partial charge < -0.3 is 24.2 Å². The number of halogens is 1. The van der Waals surface area contributed by atoms with E-state index in [1.165, 1.54) is 6.07 Å². The molecule has 0 saturated carbocycles. The maximum absolute atomic E-state index is 14.3. The molecule has 3 aromatic carbocycles. The lowest BCUT2D eigenvalue weighted by Gasteiger charge is -2.44. The average molecular weight is 518 g/mol. The van der Waals surface area contributed by atoms with Gasteiger partial charge >= 0.3 is 0 Å². The molecule has 5 rings (SSSR count). The number of methoxy groups -OCH3 is 2. The van der Waals surface area contributed by atoms with E-state index in [2.05, 4.69) is 0 Å². The molecule has 198 valence electrons. The largest absolute Gasteiger partial charge is 0.497 e. The first-order valence-electron chi connectivity index (χ1n) is 12.9. The highest BCUT2D eigenvalue weighted by Crippen LogP contribution is 2.41. The Bertz CT molecular complexity index is 1270. The molecule has 0 spiro atoms. The van der Waals surface area contributed by atoms with E-state index in [4.69, 9.17) is 9.47 Å². The van der Waals surface area contributed by atoms with Gasteiger partial charge in [-0.15, -0.1) is 0 Å². The third-order valence-electron chi connectivity index (χ3n) is 7.51. The Kier molecular flexibility index (Phi) is 7.49. The lowest BCUT2D eigenvalue weighted by Crippen LogP contribution is -2.54. The summed E-state index contributed by atoms with van der Waals surface area (Å²) >= 11 is 0. The van der Waals surface area contributed by atoms with Gasteiger partial charge in [0.25, 0.3) is 0 Å². The van der Waals surface area contributed by atoms with Crippen LogP contribution in [0.25, 0.3) is 0 Å². The molecule has 2 heterocycles. The first-order chi connectivity index (χ1) is 18.5. The van der Waals surface area contributed by atoms with Crippen molar-refractivity contribution in [3.8, 4) is 11.5 Å². The van der Waals surface area contributed by atoms with Gasteiger partial charge in [-0.05, 0) is 60.5 Å². The van der Waals surface area contributed by atoms with E-state index < -0.39 is 12.0 Å². The fourth-order valence-corrected chi connectivity index (χ4v) is 5.49. The summed E-state index contributed by atoms with van der Waals surface area (Å²) in [5, 5.41) is 0. The van der Waals surface area contributed by atoms with E-state index in [1.54, 1.807) is 31.3 Å². The Morgan fingerprint density at radius 3 is 2.05 bits per heavy atom. The van der Waals surface area contributed by atoms with E-state index in [0.717, 1.165) is 11.3 Å². The average Bonchev–Trinajstić information content (AvgIpc) is 2.97. The van der Waals surface area contributed by atoms with Gasteiger partial charge in [0.1, 0.15) is 17.3 Å². The van der Waals surface area contributed by atoms with Crippen LogP contribution in [0.3, 0.4) is 0 Å². The van der Waals surface area contributed by atoms with Gasteiger partial charge in [0.15, 0.2) is 0 Å². The highest BCUT2D eigenvalue weighted by molar-refractivity contribution is 5.97. The molecule has 7 nitrogen and oxygen atoms in total. The fourth-order valence-electron chi connectivity index (χ4n) is 5.49. The first-order valence-corrected chi connectivity index (χ1v) is 12.9. The highest BCUT2D eigenvalue weighted by atomic mass is 19.1. The van der Waals surface area contributed by atoms with Crippen molar-refractivity contribution in [2.45, 2.75) is 18.9 Å². The van der Waals surface area contributed by atoms with E-state index in [1.807, 2.05) is 64.4 Å². The van der Waals surface area contributed by atoms with Crippen LogP contribution in [0, 0.1) is 11.7 Å². The molecule has 38 heavy (non-hydrogen) atoms. The third-order valence-corrected chi connectivity index (χ3v) is 7.51. The predicted molar refractivity (Wildman–Crippen MR) is 144 cm³/mol. The standard InChI is InChI=1S/C30H32FN3O4/c1-37-23-11-7-21(8-12-23)29-25(15-16-28(35)34(29)22-9-13-24(38-2)14-10-22)30(36)33-19-17-32(18-20-33)27-6-4-3-5-26(27)31/h3-14,25,29H,15-20H2,1-2H3. The molecule has 2 aliphatic rings. The Labute approximate surface area is 222 Å². The summed E-state index contributed by atoms with van der Waals surface area (Å²) in [5.74, 6) is 0.726. The molecule has 0 aromatic heterocycles. The van der Waals surface area contributed by atoms with Crippen molar-refractivity contribution in [2.75, 3.05) is 50.2 Å². The number of nitrogens with zero attached hydrogens (tertiary/aromatic N) is 3. The van der Waals surface area contributed by atoms with Gasteiger partial charge in [0.2, 0.25) is 11.8 Å². The van der Waals surface area contributed by atoms with E-state index in [9.17, 15) is 14.0 Å². The number of hydrogen-bond acceptors (Lipinski definition) is 5. The summed E-state index contributed by atoms with van der Waals surface area (Å²) in [6.07, 6.45) is 0.749. The van der Waals surface area contributed by atoms with Gasteiger partial charge in [0.05, 0.1) is 31.9 Å². The number of carbonyl (C=O) groups excluding carboxylic acids is 2. The fraction of sp³-hybridized carbons (Fsp3) is 0.333. The van der Waals surface area contributed by atoms with Crippen LogP contribution in [0.4, 0.5) is 15.8 Å². The molecule has 0 N–H and O–H groups in total. The molecular formula is C30H32FN3O4. The van der Waals surface area contributed by atoms with Crippen molar-refractivity contribution in [1.82, 2.24) is 4.90 Å². The second-order valence-electron chi connectivity index (χ2n) is 9.59. The maximum atomic E-state index is 14.3. The van der Waals surface area contributed by atoms with E-state index in [-0.39, 0.29) is 24.1 Å². The molecule has 2 fully saturated rings. The molecular weight excluding hydrogens is 485 g/mol. The number of anilines is 2. The van der Waals surface area contributed by atoms with Crippen molar-refractivity contribution in [3.63, 3.8) is 0 Å². The number of hydrogen-bond donors (Lipinski definition) is 0. The SMILES string of the molecule is COc1ccc(C2C(C(=O)N3CCN(c4ccccc4F)CC3)CCC(=O)N2c2ccc(OC)cc2)cc1. The highest BCUT2D eigenvalue weighted by Gasteiger charge is 2.43.